The van der Waals surface area contributed by atoms with Crippen LogP contribution >= 0.6 is 0 Å². The van der Waals surface area contributed by atoms with Crippen LogP contribution in [0.25, 0.3) is 0 Å². The van der Waals surface area contributed by atoms with Crippen LogP contribution in [0, 0.1) is 5.92 Å². The summed E-state index contributed by atoms with van der Waals surface area (Å²) in [6, 6.07) is 0. The van der Waals surface area contributed by atoms with Gasteiger partial charge < -0.3 is 10.2 Å². The first-order valence-corrected chi connectivity index (χ1v) is 9.53. The Morgan fingerprint density at radius 3 is 1.68 bits per heavy atom. The molecule has 0 aliphatic heterocycles. The summed E-state index contributed by atoms with van der Waals surface area (Å²) in [6.07, 6.45) is 17.2. The summed E-state index contributed by atoms with van der Waals surface area (Å²) >= 11 is 0. The van der Waals surface area contributed by atoms with Gasteiger partial charge in [-0.2, -0.15) is 0 Å². The lowest BCUT2D eigenvalue weighted by Crippen LogP contribution is -2.06. The summed E-state index contributed by atoms with van der Waals surface area (Å²) in [6.45, 7) is 2.58. The van der Waals surface area contributed by atoms with Crippen molar-refractivity contribution in [2.24, 2.45) is 5.92 Å². The second kappa shape index (κ2) is 16.8. The van der Waals surface area contributed by atoms with E-state index in [1.54, 1.807) is 0 Å². The van der Waals surface area contributed by atoms with Crippen molar-refractivity contribution in [2.75, 3.05) is 6.61 Å². The highest BCUT2D eigenvalue weighted by atomic mass is 16.4. The normalized spacial score (nSPS) is 12.5. The molecule has 0 radical (unpaired) electrons. The first kappa shape index (κ1) is 21.4. The molecule has 3 nitrogen and oxygen atoms in total. The number of carbonyl (C=O) groups is 1. The van der Waals surface area contributed by atoms with Crippen LogP contribution in [0.4, 0.5) is 0 Å². The average molecular weight is 315 g/mol. The minimum atomic E-state index is -0.680. The molecule has 0 saturated carbocycles. The van der Waals surface area contributed by atoms with Gasteiger partial charge in [-0.25, -0.2) is 0 Å². The molecule has 0 aromatic heterocycles. The topological polar surface area (TPSA) is 57.5 Å². The van der Waals surface area contributed by atoms with Crippen LogP contribution in [0.5, 0.6) is 0 Å². The van der Waals surface area contributed by atoms with Crippen molar-refractivity contribution < 1.29 is 15.0 Å². The highest BCUT2D eigenvalue weighted by molar-refractivity contribution is 5.66. The van der Waals surface area contributed by atoms with Gasteiger partial charge in [0.25, 0.3) is 0 Å². The van der Waals surface area contributed by atoms with Crippen molar-refractivity contribution in [3.63, 3.8) is 0 Å². The lowest BCUT2D eigenvalue weighted by atomic mass is 9.95. The van der Waals surface area contributed by atoms with E-state index in [2.05, 4.69) is 6.92 Å². The van der Waals surface area contributed by atoms with Gasteiger partial charge in [0.05, 0.1) is 0 Å². The van der Waals surface area contributed by atoms with Crippen molar-refractivity contribution in [2.45, 2.75) is 103 Å². The number of rotatable bonds is 17. The monoisotopic (exact) mass is 314 g/mol. The molecule has 0 saturated heterocycles. The molecule has 0 heterocycles. The maximum atomic E-state index is 10.4. The lowest BCUT2D eigenvalue weighted by Gasteiger charge is -2.13. The second-order valence-corrected chi connectivity index (χ2v) is 6.66. The summed E-state index contributed by atoms with van der Waals surface area (Å²) in [5.41, 5.74) is 0. The molecule has 0 fully saturated rings. The van der Waals surface area contributed by atoms with Gasteiger partial charge in [0.2, 0.25) is 0 Å². The van der Waals surface area contributed by atoms with Crippen LogP contribution in [-0.2, 0) is 4.79 Å². The molecule has 0 aromatic carbocycles. The van der Waals surface area contributed by atoms with Crippen molar-refractivity contribution in [3.8, 4) is 0 Å². The molecule has 1 unspecified atom stereocenters. The Hall–Kier alpha value is -0.570. The summed E-state index contributed by atoms with van der Waals surface area (Å²) in [4.78, 5) is 10.4. The number of aliphatic carboxylic acids is 1. The van der Waals surface area contributed by atoms with Gasteiger partial charge in [0.15, 0.2) is 0 Å². The molecule has 0 aliphatic carbocycles. The van der Waals surface area contributed by atoms with Crippen molar-refractivity contribution in [1.82, 2.24) is 0 Å². The minimum Gasteiger partial charge on any atom is -0.481 e. The van der Waals surface area contributed by atoms with Gasteiger partial charge in [-0.1, -0.05) is 77.6 Å². The van der Waals surface area contributed by atoms with Gasteiger partial charge in [-0.3, -0.25) is 4.79 Å². The maximum absolute atomic E-state index is 10.4. The maximum Gasteiger partial charge on any atom is 0.303 e. The van der Waals surface area contributed by atoms with Crippen LogP contribution in [0.15, 0.2) is 0 Å². The van der Waals surface area contributed by atoms with Gasteiger partial charge in [-0.05, 0) is 25.2 Å². The van der Waals surface area contributed by atoms with E-state index in [0.29, 0.717) is 18.9 Å². The Labute approximate surface area is 137 Å². The Bertz CT molecular complexity index is 241. The van der Waals surface area contributed by atoms with E-state index in [-0.39, 0.29) is 0 Å². The number of hydrogen-bond donors (Lipinski definition) is 2. The molecular weight excluding hydrogens is 276 g/mol. The molecule has 132 valence electrons. The summed E-state index contributed by atoms with van der Waals surface area (Å²) in [5.74, 6) is -0.182. The second-order valence-electron chi connectivity index (χ2n) is 6.66. The van der Waals surface area contributed by atoms with Crippen molar-refractivity contribution >= 4 is 5.97 Å². The van der Waals surface area contributed by atoms with E-state index in [9.17, 15) is 9.90 Å². The van der Waals surface area contributed by atoms with Gasteiger partial charge in [0.1, 0.15) is 0 Å². The van der Waals surface area contributed by atoms with E-state index >= 15 is 0 Å². The molecule has 0 aliphatic rings. The molecule has 2 N–H and O–H groups in total. The van der Waals surface area contributed by atoms with Crippen LogP contribution in [0.1, 0.15) is 103 Å². The fourth-order valence-corrected chi connectivity index (χ4v) is 2.96. The first-order valence-electron chi connectivity index (χ1n) is 9.53. The average Bonchev–Trinajstić information content (AvgIpc) is 2.50. The highest BCUT2D eigenvalue weighted by Gasteiger charge is 2.07. The zero-order valence-corrected chi connectivity index (χ0v) is 14.7. The molecule has 0 aromatic rings. The zero-order chi connectivity index (χ0) is 16.5. The lowest BCUT2D eigenvalue weighted by molar-refractivity contribution is -0.137. The highest BCUT2D eigenvalue weighted by Crippen LogP contribution is 2.18. The van der Waals surface area contributed by atoms with E-state index in [4.69, 9.17) is 5.11 Å². The van der Waals surface area contributed by atoms with Gasteiger partial charge in [-0.15, -0.1) is 0 Å². The van der Waals surface area contributed by atoms with Gasteiger partial charge in [0, 0.05) is 13.0 Å². The van der Waals surface area contributed by atoms with E-state index < -0.39 is 5.97 Å². The predicted molar refractivity (Wildman–Crippen MR) is 93.1 cm³/mol. The molecule has 0 bridgehead atoms. The summed E-state index contributed by atoms with van der Waals surface area (Å²) < 4.78 is 0. The SMILES string of the molecule is CCCCCCCCC(CO)CCCCCCCCC(=O)O. The predicted octanol–water partition coefficient (Wildman–Crippen LogP) is 5.55. The number of aliphatic hydroxyl groups excluding tert-OH is 1. The fraction of sp³-hybridized carbons (Fsp3) is 0.947. The number of carboxylic acid groups (broad SMARTS) is 1. The number of aliphatic hydroxyl groups is 1. The molecule has 3 heteroatoms. The van der Waals surface area contributed by atoms with Gasteiger partial charge >= 0.3 is 5.97 Å². The third kappa shape index (κ3) is 15.8. The molecule has 0 spiro atoms. The largest absolute Gasteiger partial charge is 0.481 e. The third-order valence-corrected chi connectivity index (χ3v) is 4.48. The van der Waals surface area contributed by atoms with Crippen LogP contribution < -0.4 is 0 Å². The molecule has 0 rings (SSSR count). The Kier molecular flexibility index (Phi) is 16.4. The van der Waals surface area contributed by atoms with E-state index in [1.165, 1.54) is 64.2 Å². The van der Waals surface area contributed by atoms with E-state index in [0.717, 1.165) is 25.7 Å². The number of carboxylic acids is 1. The van der Waals surface area contributed by atoms with Crippen molar-refractivity contribution in [1.29, 1.82) is 0 Å². The fourth-order valence-electron chi connectivity index (χ4n) is 2.96. The Morgan fingerprint density at radius 2 is 1.23 bits per heavy atom. The Balaban J connectivity index is 3.33. The molecular formula is C19H38O3. The summed E-state index contributed by atoms with van der Waals surface area (Å²) in [7, 11) is 0. The molecule has 22 heavy (non-hydrogen) atoms. The van der Waals surface area contributed by atoms with E-state index in [1.807, 2.05) is 0 Å². The van der Waals surface area contributed by atoms with Crippen molar-refractivity contribution in [3.05, 3.63) is 0 Å². The smallest absolute Gasteiger partial charge is 0.303 e. The Morgan fingerprint density at radius 1 is 0.773 bits per heavy atom. The molecule has 1 atom stereocenters. The minimum absolute atomic E-state index is 0.310. The third-order valence-electron chi connectivity index (χ3n) is 4.48. The van der Waals surface area contributed by atoms with Crippen LogP contribution in [-0.4, -0.2) is 22.8 Å². The number of unbranched alkanes of at least 4 members (excludes halogenated alkanes) is 10. The first-order chi connectivity index (χ1) is 10.7. The number of hydrogen-bond acceptors (Lipinski definition) is 2. The van der Waals surface area contributed by atoms with Crippen LogP contribution in [0.3, 0.4) is 0 Å². The molecule has 0 amide bonds. The standard InChI is InChI=1S/C19H38O3/c1-2-3-4-5-8-11-14-18(17-20)15-12-9-6-7-10-13-16-19(21)22/h18,20H,2-17H2,1H3,(H,21,22). The quantitative estimate of drug-likeness (QED) is 0.346. The zero-order valence-electron chi connectivity index (χ0n) is 14.7. The summed E-state index contributed by atoms with van der Waals surface area (Å²) in [5, 5.41) is 18.0. The van der Waals surface area contributed by atoms with Crippen LogP contribution in [0.2, 0.25) is 0 Å².